The predicted molar refractivity (Wildman–Crippen MR) is 109 cm³/mol. The molecule has 0 N–H and O–H groups in total. The second-order valence-corrected chi connectivity index (χ2v) is 7.04. The Morgan fingerprint density at radius 2 is 2.03 bits per heavy atom. The topological polar surface area (TPSA) is 91.5 Å². The number of ketones is 1. The standard InChI is InChI=1S/C20H17ClN2O5S/c1-11-17(19(29-3)23-18(22-11)16-5-4-8-27-16)20(25)28-10-14(24)12-6-7-15(26-2)13(21)9-12/h4-9H,10H2,1-3H3. The van der Waals surface area contributed by atoms with E-state index >= 15 is 0 Å². The fourth-order valence-corrected chi connectivity index (χ4v) is 3.44. The molecule has 2 heterocycles. The quantitative estimate of drug-likeness (QED) is 0.234. The fraction of sp³-hybridized carbons (Fsp3) is 0.200. The number of carbonyl (C=O) groups is 2. The number of furan rings is 1. The first kappa shape index (κ1) is 20.9. The first-order chi connectivity index (χ1) is 13.9. The number of esters is 1. The van der Waals surface area contributed by atoms with Crippen LogP contribution in [0.1, 0.15) is 26.4 Å². The second-order valence-electron chi connectivity index (χ2n) is 5.84. The molecule has 0 fully saturated rings. The molecule has 0 aliphatic carbocycles. The van der Waals surface area contributed by atoms with Gasteiger partial charge in [0.1, 0.15) is 16.3 Å². The average Bonchev–Trinajstić information content (AvgIpc) is 3.26. The molecule has 0 atom stereocenters. The lowest BCUT2D eigenvalue weighted by Crippen LogP contribution is -2.17. The molecule has 0 spiro atoms. The largest absolute Gasteiger partial charge is 0.495 e. The van der Waals surface area contributed by atoms with Gasteiger partial charge in [-0.1, -0.05) is 11.6 Å². The van der Waals surface area contributed by atoms with Crippen LogP contribution in [0.4, 0.5) is 0 Å². The molecule has 2 aromatic heterocycles. The normalized spacial score (nSPS) is 10.6. The average molecular weight is 433 g/mol. The van der Waals surface area contributed by atoms with Gasteiger partial charge in [0.25, 0.3) is 0 Å². The van der Waals surface area contributed by atoms with Crippen molar-refractivity contribution in [2.45, 2.75) is 11.9 Å². The number of benzene rings is 1. The van der Waals surface area contributed by atoms with E-state index in [1.54, 1.807) is 37.4 Å². The Morgan fingerprint density at radius 1 is 1.24 bits per heavy atom. The van der Waals surface area contributed by atoms with E-state index in [0.717, 1.165) is 0 Å². The summed E-state index contributed by atoms with van der Waals surface area (Å²) in [4.78, 5) is 33.7. The second kappa shape index (κ2) is 9.11. The SMILES string of the molecule is COc1ccc(C(=O)COC(=O)c2c(C)nc(-c3ccco3)nc2SC)cc1Cl. The highest BCUT2D eigenvalue weighted by atomic mass is 35.5. The lowest BCUT2D eigenvalue weighted by atomic mass is 10.1. The summed E-state index contributed by atoms with van der Waals surface area (Å²) in [5.41, 5.74) is 0.962. The molecule has 0 aliphatic heterocycles. The number of halogens is 1. The highest BCUT2D eigenvalue weighted by molar-refractivity contribution is 7.98. The van der Waals surface area contributed by atoms with E-state index in [1.165, 1.54) is 31.2 Å². The minimum atomic E-state index is -0.675. The summed E-state index contributed by atoms with van der Waals surface area (Å²) in [5, 5.41) is 0.737. The first-order valence-corrected chi connectivity index (χ1v) is 10.0. The number of rotatable bonds is 7. The number of ether oxygens (including phenoxy) is 2. The molecule has 0 unspecified atom stereocenters. The Hall–Kier alpha value is -2.84. The van der Waals surface area contributed by atoms with Crippen LogP contribution >= 0.6 is 23.4 Å². The summed E-state index contributed by atoms with van der Waals surface area (Å²) < 4.78 is 15.6. The van der Waals surface area contributed by atoms with Crippen molar-refractivity contribution < 1.29 is 23.5 Å². The fourth-order valence-electron chi connectivity index (χ4n) is 2.57. The van der Waals surface area contributed by atoms with Crippen LogP contribution in [0.5, 0.6) is 5.75 Å². The van der Waals surface area contributed by atoms with Crippen molar-refractivity contribution in [2.24, 2.45) is 0 Å². The highest BCUT2D eigenvalue weighted by Gasteiger charge is 2.22. The van der Waals surface area contributed by atoms with Crippen molar-refractivity contribution in [3.8, 4) is 17.3 Å². The van der Waals surface area contributed by atoms with E-state index in [1.807, 2.05) is 0 Å². The third kappa shape index (κ3) is 4.60. The number of nitrogens with zero attached hydrogens (tertiary/aromatic N) is 2. The van der Waals surface area contributed by atoms with Gasteiger partial charge in [-0.25, -0.2) is 14.8 Å². The summed E-state index contributed by atoms with van der Waals surface area (Å²) in [6.45, 7) is 1.24. The van der Waals surface area contributed by atoms with Gasteiger partial charge in [0.15, 0.2) is 24.0 Å². The number of hydrogen-bond acceptors (Lipinski definition) is 8. The first-order valence-electron chi connectivity index (χ1n) is 8.45. The van der Waals surface area contributed by atoms with Gasteiger partial charge in [-0.15, -0.1) is 11.8 Å². The van der Waals surface area contributed by atoms with Gasteiger partial charge in [-0.2, -0.15) is 0 Å². The molecule has 1 aromatic carbocycles. The van der Waals surface area contributed by atoms with Gasteiger partial charge in [-0.3, -0.25) is 4.79 Å². The molecule has 0 amide bonds. The van der Waals surface area contributed by atoms with Gasteiger partial charge in [0, 0.05) is 5.56 Å². The highest BCUT2D eigenvalue weighted by Crippen LogP contribution is 2.27. The number of methoxy groups -OCH3 is 1. The minimum Gasteiger partial charge on any atom is -0.495 e. The lowest BCUT2D eigenvalue weighted by molar-refractivity contribution is 0.0469. The van der Waals surface area contributed by atoms with Crippen molar-refractivity contribution in [3.63, 3.8) is 0 Å². The Kier molecular flexibility index (Phi) is 6.56. The minimum absolute atomic E-state index is 0.216. The molecule has 0 bridgehead atoms. The van der Waals surface area contributed by atoms with Crippen molar-refractivity contribution >= 4 is 35.1 Å². The maximum atomic E-state index is 12.6. The molecule has 0 saturated heterocycles. The molecule has 3 rings (SSSR count). The smallest absolute Gasteiger partial charge is 0.343 e. The van der Waals surface area contributed by atoms with Crippen molar-refractivity contribution in [3.05, 3.63) is 58.4 Å². The van der Waals surface area contributed by atoms with Gasteiger partial charge < -0.3 is 13.9 Å². The number of hydrogen-bond donors (Lipinski definition) is 0. The van der Waals surface area contributed by atoms with Crippen LogP contribution in [-0.4, -0.2) is 41.7 Å². The Bertz CT molecular complexity index is 1050. The number of thioether (sulfide) groups is 1. The zero-order valence-electron chi connectivity index (χ0n) is 15.9. The molecule has 3 aromatic rings. The van der Waals surface area contributed by atoms with Gasteiger partial charge in [0.05, 0.1) is 24.1 Å². The zero-order chi connectivity index (χ0) is 21.0. The van der Waals surface area contributed by atoms with E-state index in [-0.39, 0.29) is 11.3 Å². The monoisotopic (exact) mass is 432 g/mol. The van der Waals surface area contributed by atoms with E-state index in [9.17, 15) is 9.59 Å². The molecule has 29 heavy (non-hydrogen) atoms. The Balaban J connectivity index is 1.76. The Labute approximate surface area is 176 Å². The van der Waals surface area contributed by atoms with Crippen molar-refractivity contribution in [1.82, 2.24) is 9.97 Å². The molecule has 9 heteroatoms. The maximum Gasteiger partial charge on any atom is 0.343 e. The molecular formula is C20H17ClN2O5S. The van der Waals surface area contributed by atoms with E-state index in [2.05, 4.69) is 9.97 Å². The van der Waals surface area contributed by atoms with Crippen molar-refractivity contribution in [1.29, 1.82) is 0 Å². The van der Waals surface area contributed by atoms with Crippen LogP contribution in [0.25, 0.3) is 11.6 Å². The number of aromatic nitrogens is 2. The molecular weight excluding hydrogens is 416 g/mol. The van der Waals surface area contributed by atoms with Crippen LogP contribution in [0.15, 0.2) is 46.0 Å². The maximum absolute atomic E-state index is 12.6. The lowest BCUT2D eigenvalue weighted by Gasteiger charge is -2.11. The van der Waals surface area contributed by atoms with Crippen LogP contribution in [0.2, 0.25) is 5.02 Å². The van der Waals surface area contributed by atoms with E-state index in [0.29, 0.717) is 38.6 Å². The van der Waals surface area contributed by atoms with Crippen LogP contribution in [-0.2, 0) is 4.74 Å². The summed E-state index contributed by atoms with van der Waals surface area (Å²) >= 11 is 7.31. The summed E-state index contributed by atoms with van der Waals surface area (Å²) in [5.74, 6) is 0.256. The van der Waals surface area contributed by atoms with Crippen LogP contribution in [0.3, 0.4) is 0 Å². The predicted octanol–water partition coefficient (Wildman–Crippen LogP) is 4.47. The summed E-state index contributed by atoms with van der Waals surface area (Å²) in [7, 11) is 1.48. The summed E-state index contributed by atoms with van der Waals surface area (Å²) in [6, 6.07) is 8.06. The third-order valence-electron chi connectivity index (χ3n) is 4.00. The van der Waals surface area contributed by atoms with Gasteiger partial charge in [-0.05, 0) is 43.5 Å². The van der Waals surface area contributed by atoms with E-state index in [4.69, 9.17) is 25.5 Å². The van der Waals surface area contributed by atoms with Crippen LogP contribution in [0, 0.1) is 6.92 Å². The zero-order valence-corrected chi connectivity index (χ0v) is 17.5. The van der Waals surface area contributed by atoms with Gasteiger partial charge >= 0.3 is 5.97 Å². The van der Waals surface area contributed by atoms with Crippen molar-refractivity contribution in [2.75, 3.05) is 20.0 Å². The summed E-state index contributed by atoms with van der Waals surface area (Å²) in [6.07, 6.45) is 3.31. The Morgan fingerprint density at radius 3 is 2.66 bits per heavy atom. The molecule has 150 valence electrons. The van der Waals surface area contributed by atoms with E-state index < -0.39 is 12.6 Å². The molecule has 0 radical (unpaired) electrons. The molecule has 0 saturated carbocycles. The third-order valence-corrected chi connectivity index (χ3v) is 4.98. The van der Waals surface area contributed by atoms with Gasteiger partial charge in [0.2, 0.25) is 0 Å². The molecule has 0 aliphatic rings. The number of carbonyl (C=O) groups excluding carboxylic acids is 2. The van der Waals surface area contributed by atoms with Crippen LogP contribution < -0.4 is 4.74 Å². The molecule has 7 nitrogen and oxygen atoms in total. The number of aryl methyl sites for hydroxylation is 1. The number of Topliss-reactive ketones (excluding diaryl/α,β-unsaturated/α-hetero) is 1.